The van der Waals surface area contributed by atoms with Crippen LogP contribution in [0.4, 0.5) is 0 Å². The number of nitrogens with one attached hydrogen (secondary N) is 1. The molecular weight excluding hydrogens is 184 g/mol. The quantitative estimate of drug-likeness (QED) is 0.737. The van der Waals surface area contributed by atoms with Gasteiger partial charge >= 0.3 is 6.01 Å². The molecule has 0 spiro atoms. The highest BCUT2D eigenvalue weighted by atomic mass is 16.5. The lowest BCUT2D eigenvalue weighted by atomic mass is 10.4. The van der Waals surface area contributed by atoms with Crippen LogP contribution in [0.3, 0.4) is 0 Å². The fraction of sp³-hybridized carbons (Fsp3) is 0.375. The molecule has 0 aliphatic carbocycles. The molecule has 0 saturated heterocycles. The van der Waals surface area contributed by atoms with Crippen molar-refractivity contribution in [1.29, 1.82) is 0 Å². The van der Waals surface area contributed by atoms with Crippen molar-refractivity contribution in [2.24, 2.45) is 0 Å². The van der Waals surface area contributed by atoms with Crippen molar-refractivity contribution in [1.82, 2.24) is 19.6 Å². The molecular formula is C8H10N4O2. The van der Waals surface area contributed by atoms with Gasteiger partial charge in [-0.3, -0.25) is 9.78 Å². The van der Waals surface area contributed by atoms with Crippen molar-refractivity contribution in [2.45, 2.75) is 13.8 Å². The van der Waals surface area contributed by atoms with Crippen LogP contribution in [0.1, 0.15) is 12.6 Å². The highest BCUT2D eigenvalue weighted by Gasteiger charge is 2.06. The van der Waals surface area contributed by atoms with Crippen molar-refractivity contribution in [3.63, 3.8) is 0 Å². The first kappa shape index (κ1) is 8.74. The number of rotatable bonds is 2. The Morgan fingerprint density at radius 2 is 2.43 bits per heavy atom. The first-order valence-corrected chi connectivity index (χ1v) is 4.30. The van der Waals surface area contributed by atoms with Crippen LogP contribution in [0.25, 0.3) is 5.78 Å². The summed E-state index contributed by atoms with van der Waals surface area (Å²) < 4.78 is 6.65. The molecule has 0 aromatic carbocycles. The van der Waals surface area contributed by atoms with Crippen LogP contribution in [0.2, 0.25) is 0 Å². The Labute approximate surface area is 79.5 Å². The van der Waals surface area contributed by atoms with Crippen LogP contribution in [-0.4, -0.2) is 26.2 Å². The smallest absolute Gasteiger partial charge is 0.337 e. The second-order valence-corrected chi connectivity index (χ2v) is 2.84. The molecule has 2 rings (SSSR count). The fourth-order valence-electron chi connectivity index (χ4n) is 1.21. The number of hydrogen-bond acceptors (Lipinski definition) is 4. The maximum absolute atomic E-state index is 11.1. The molecule has 74 valence electrons. The van der Waals surface area contributed by atoms with Gasteiger partial charge in [-0.15, -0.1) is 5.10 Å². The number of fused-ring (bicyclic) bond motifs is 1. The summed E-state index contributed by atoms with van der Waals surface area (Å²) in [4.78, 5) is 17.7. The molecule has 0 fully saturated rings. The fourth-order valence-corrected chi connectivity index (χ4v) is 1.21. The monoisotopic (exact) mass is 194 g/mol. The summed E-state index contributed by atoms with van der Waals surface area (Å²) in [7, 11) is 0. The standard InChI is InChI=1S/C8H10N4O2/c1-3-14-8-10-7-9-6(13)4-5(2)12(7)11-8/h4H,3H2,1-2H3,(H,9,10,11,13). The number of aromatic amines is 1. The van der Waals surface area contributed by atoms with Crippen LogP contribution in [-0.2, 0) is 0 Å². The van der Waals surface area contributed by atoms with Gasteiger partial charge in [0.05, 0.1) is 6.61 Å². The lowest BCUT2D eigenvalue weighted by molar-refractivity contribution is 0.313. The molecule has 1 N–H and O–H groups in total. The van der Waals surface area contributed by atoms with Crippen LogP contribution in [0.15, 0.2) is 10.9 Å². The summed E-state index contributed by atoms with van der Waals surface area (Å²) in [5, 5.41) is 4.06. The van der Waals surface area contributed by atoms with E-state index in [4.69, 9.17) is 4.74 Å². The number of nitrogens with zero attached hydrogens (tertiary/aromatic N) is 3. The van der Waals surface area contributed by atoms with E-state index >= 15 is 0 Å². The van der Waals surface area contributed by atoms with Crippen molar-refractivity contribution >= 4 is 5.78 Å². The van der Waals surface area contributed by atoms with E-state index in [9.17, 15) is 4.79 Å². The molecule has 0 atom stereocenters. The van der Waals surface area contributed by atoms with Crippen LogP contribution in [0, 0.1) is 6.92 Å². The molecule has 0 radical (unpaired) electrons. The molecule has 0 aliphatic rings. The largest absolute Gasteiger partial charge is 0.463 e. The number of ether oxygens (including phenoxy) is 1. The topological polar surface area (TPSA) is 72.3 Å². The van der Waals surface area contributed by atoms with Crippen LogP contribution < -0.4 is 10.3 Å². The average molecular weight is 194 g/mol. The number of H-pyrrole nitrogens is 1. The Morgan fingerprint density at radius 3 is 3.14 bits per heavy atom. The van der Waals surface area contributed by atoms with E-state index in [1.165, 1.54) is 10.6 Å². The van der Waals surface area contributed by atoms with Gasteiger partial charge in [-0.1, -0.05) is 0 Å². The molecule has 0 saturated carbocycles. The van der Waals surface area contributed by atoms with Crippen molar-refractivity contribution in [3.8, 4) is 6.01 Å². The molecule has 0 amide bonds. The summed E-state index contributed by atoms with van der Waals surface area (Å²) in [5.74, 6) is 0.401. The Hall–Kier alpha value is -1.85. The zero-order valence-electron chi connectivity index (χ0n) is 7.94. The van der Waals surface area contributed by atoms with E-state index in [1.54, 1.807) is 6.92 Å². The van der Waals surface area contributed by atoms with Gasteiger partial charge in [-0.05, 0) is 13.8 Å². The second-order valence-electron chi connectivity index (χ2n) is 2.84. The summed E-state index contributed by atoms with van der Waals surface area (Å²) >= 11 is 0. The zero-order chi connectivity index (χ0) is 10.1. The lowest BCUT2D eigenvalue weighted by Gasteiger charge is -1.93. The Morgan fingerprint density at radius 1 is 1.64 bits per heavy atom. The van der Waals surface area contributed by atoms with Crippen molar-refractivity contribution in [2.75, 3.05) is 6.61 Å². The van der Waals surface area contributed by atoms with Gasteiger partial charge in [-0.2, -0.15) is 9.50 Å². The highest BCUT2D eigenvalue weighted by molar-refractivity contribution is 5.29. The van der Waals surface area contributed by atoms with Gasteiger partial charge < -0.3 is 4.74 Å². The highest BCUT2D eigenvalue weighted by Crippen LogP contribution is 2.05. The van der Waals surface area contributed by atoms with E-state index < -0.39 is 0 Å². The van der Waals surface area contributed by atoms with Gasteiger partial charge in [-0.25, -0.2) is 0 Å². The Bertz CT molecular complexity index is 514. The molecule has 2 aromatic heterocycles. The van der Waals surface area contributed by atoms with E-state index in [1.807, 2.05) is 6.92 Å². The molecule has 0 bridgehead atoms. The van der Waals surface area contributed by atoms with Crippen molar-refractivity contribution in [3.05, 3.63) is 22.1 Å². The first-order valence-electron chi connectivity index (χ1n) is 4.30. The molecule has 2 aromatic rings. The minimum atomic E-state index is -0.189. The lowest BCUT2D eigenvalue weighted by Crippen LogP contribution is -2.09. The van der Waals surface area contributed by atoms with Gasteiger partial charge in [0.2, 0.25) is 5.78 Å². The minimum Gasteiger partial charge on any atom is -0.463 e. The molecule has 6 nitrogen and oxygen atoms in total. The average Bonchev–Trinajstić information content (AvgIpc) is 2.48. The summed E-state index contributed by atoms with van der Waals surface area (Å²) in [6, 6.07) is 1.73. The number of aryl methyl sites for hydroxylation is 1. The van der Waals surface area contributed by atoms with Gasteiger partial charge in [0, 0.05) is 11.8 Å². The Kier molecular flexibility index (Phi) is 1.95. The third-order valence-electron chi connectivity index (χ3n) is 1.77. The van der Waals surface area contributed by atoms with Gasteiger partial charge in [0.25, 0.3) is 5.56 Å². The summed E-state index contributed by atoms with van der Waals surface area (Å²) in [5.41, 5.74) is 0.535. The third-order valence-corrected chi connectivity index (χ3v) is 1.77. The zero-order valence-corrected chi connectivity index (χ0v) is 7.94. The van der Waals surface area contributed by atoms with Gasteiger partial charge in [0.15, 0.2) is 0 Å². The van der Waals surface area contributed by atoms with Crippen molar-refractivity contribution < 1.29 is 4.74 Å². The maximum Gasteiger partial charge on any atom is 0.337 e. The van der Waals surface area contributed by atoms with E-state index in [0.717, 1.165) is 5.69 Å². The molecule has 0 aliphatic heterocycles. The van der Waals surface area contributed by atoms with E-state index in [-0.39, 0.29) is 11.6 Å². The van der Waals surface area contributed by atoms with Crippen LogP contribution in [0.5, 0.6) is 6.01 Å². The van der Waals surface area contributed by atoms with E-state index in [0.29, 0.717) is 12.4 Å². The summed E-state index contributed by atoms with van der Waals surface area (Å²) in [6.07, 6.45) is 0. The first-order chi connectivity index (χ1) is 6.70. The van der Waals surface area contributed by atoms with E-state index in [2.05, 4.69) is 15.1 Å². The maximum atomic E-state index is 11.1. The second kappa shape index (κ2) is 3.13. The van der Waals surface area contributed by atoms with Crippen LogP contribution >= 0.6 is 0 Å². The molecule has 0 unspecified atom stereocenters. The predicted octanol–water partition coefficient (Wildman–Crippen LogP) is 0.125. The van der Waals surface area contributed by atoms with Gasteiger partial charge in [0.1, 0.15) is 0 Å². The number of hydrogen-bond donors (Lipinski definition) is 1. The normalized spacial score (nSPS) is 10.7. The summed E-state index contributed by atoms with van der Waals surface area (Å²) in [6.45, 7) is 4.13. The number of aromatic nitrogens is 4. The predicted molar refractivity (Wildman–Crippen MR) is 49.5 cm³/mol. The minimum absolute atomic E-state index is 0.189. The Balaban J connectivity index is 2.64. The molecule has 14 heavy (non-hydrogen) atoms. The molecule has 6 heteroatoms. The SMILES string of the molecule is CCOc1nc2[nH]c(=O)cc(C)n2n1. The molecule has 2 heterocycles. The third kappa shape index (κ3) is 1.34.